The molecule has 0 heterocycles. The van der Waals surface area contributed by atoms with Crippen LogP contribution in [0.4, 0.5) is 0 Å². The first-order valence-electron chi connectivity index (χ1n) is 5.24. The summed E-state index contributed by atoms with van der Waals surface area (Å²) in [4.78, 5) is 21.0. The Morgan fingerprint density at radius 3 is 2.00 bits per heavy atom. The van der Waals surface area contributed by atoms with E-state index >= 15 is 0 Å². The highest BCUT2D eigenvalue weighted by Crippen LogP contribution is 2.04. The molecule has 0 unspecified atom stereocenters. The van der Waals surface area contributed by atoms with E-state index in [4.69, 9.17) is 14.8 Å². The molecular weight excluding hydrogens is 198 g/mol. The standard InChI is InChI=1S/C10H21NO4/c1-8(2)14-11(15-9(3)4)7-5-6-10(12)13/h8-9H,5-7H2,1-4H3,(H,12,13). The Balaban J connectivity index is 3.84. The molecule has 0 aromatic rings. The van der Waals surface area contributed by atoms with E-state index < -0.39 is 5.97 Å². The Kier molecular flexibility index (Phi) is 7.29. The molecule has 0 atom stereocenters. The largest absolute Gasteiger partial charge is 0.481 e. The molecule has 0 amide bonds. The average Bonchev–Trinajstić information content (AvgIpc) is 2.00. The third-order valence-electron chi connectivity index (χ3n) is 1.39. The zero-order chi connectivity index (χ0) is 11.8. The summed E-state index contributed by atoms with van der Waals surface area (Å²) in [5, 5.41) is 9.86. The van der Waals surface area contributed by atoms with E-state index in [0.29, 0.717) is 13.0 Å². The van der Waals surface area contributed by atoms with Gasteiger partial charge in [-0.3, -0.25) is 14.5 Å². The van der Waals surface area contributed by atoms with E-state index in [-0.39, 0.29) is 18.6 Å². The van der Waals surface area contributed by atoms with Gasteiger partial charge in [0.1, 0.15) is 0 Å². The molecule has 0 saturated carbocycles. The van der Waals surface area contributed by atoms with Gasteiger partial charge in [-0.25, -0.2) is 0 Å². The smallest absolute Gasteiger partial charge is 0.303 e. The average molecular weight is 219 g/mol. The van der Waals surface area contributed by atoms with Gasteiger partial charge in [-0.1, -0.05) is 5.23 Å². The lowest BCUT2D eigenvalue weighted by Crippen LogP contribution is -2.31. The van der Waals surface area contributed by atoms with E-state index in [9.17, 15) is 4.79 Å². The van der Waals surface area contributed by atoms with E-state index in [1.807, 2.05) is 27.7 Å². The zero-order valence-corrected chi connectivity index (χ0v) is 9.90. The Morgan fingerprint density at radius 1 is 1.20 bits per heavy atom. The summed E-state index contributed by atoms with van der Waals surface area (Å²) in [6, 6.07) is 0. The van der Waals surface area contributed by atoms with Crippen molar-refractivity contribution in [2.24, 2.45) is 0 Å². The first kappa shape index (κ1) is 14.3. The number of carboxylic acid groups (broad SMARTS) is 1. The molecule has 0 rings (SSSR count). The van der Waals surface area contributed by atoms with Crippen LogP contribution in [-0.2, 0) is 14.5 Å². The molecule has 0 fully saturated rings. The molecule has 0 aromatic carbocycles. The van der Waals surface area contributed by atoms with Crippen LogP contribution in [0.25, 0.3) is 0 Å². The monoisotopic (exact) mass is 219 g/mol. The van der Waals surface area contributed by atoms with Crippen molar-refractivity contribution in [3.8, 4) is 0 Å². The maximum Gasteiger partial charge on any atom is 0.303 e. The Morgan fingerprint density at radius 2 is 1.67 bits per heavy atom. The summed E-state index contributed by atoms with van der Waals surface area (Å²) < 4.78 is 0. The number of nitrogens with zero attached hydrogens (tertiary/aromatic N) is 1. The van der Waals surface area contributed by atoms with Gasteiger partial charge < -0.3 is 5.11 Å². The highest BCUT2D eigenvalue weighted by molar-refractivity contribution is 5.66. The quantitative estimate of drug-likeness (QED) is 0.631. The van der Waals surface area contributed by atoms with Crippen molar-refractivity contribution < 1.29 is 19.6 Å². The van der Waals surface area contributed by atoms with Crippen LogP contribution in [0.1, 0.15) is 40.5 Å². The van der Waals surface area contributed by atoms with E-state index in [1.165, 1.54) is 5.23 Å². The van der Waals surface area contributed by atoms with E-state index in [0.717, 1.165) is 0 Å². The van der Waals surface area contributed by atoms with Crippen molar-refractivity contribution in [3.05, 3.63) is 0 Å². The summed E-state index contributed by atoms with van der Waals surface area (Å²) in [5.41, 5.74) is 0. The van der Waals surface area contributed by atoms with Crippen LogP contribution in [0.5, 0.6) is 0 Å². The predicted molar refractivity (Wildman–Crippen MR) is 56.0 cm³/mol. The minimum absolute atomic E-state index is 0.0218. The summed E-state index contributed by atoms with van der Waals surface area (Å²) in [6.07, 6.45) is 0.677. The number of aliphatic carboxylic acids is 1. The SMILES string of the molecule is CC(C)ON(CCCC(=O)O)OC(C)C. The lowest BCUT2D eigenvalue weighted by atomic mass is 10.3. The predicted octanol–water partition coefficient (Wildman–Crippen LogP) is 1.83. The van der Waals surface area contributed by atoms with Crippen LogP contribution in [0.15, 0.2) is 0 Å². The van der Waals surface area contributed by atoms with Gasteiger partial charge in [0, 0.05) is 6.42 Å². The van der Waals surface area contributed by atoms with Crippen LogP contribution >= 0.6 is 0 Å². The molecule has 0 aromatic heterocycles. The summed E-state index contributed by atoms with van der Waals surface area (Å²) in [5.74, 6) is -0.802. The van der Waals surface area contributed by atoms with Crippen molar-refractivity contribution >= 4 is 5.97 Å². The molecule has 5 nitrogen and oxygen atoms in total. The van der Waals surface area contributed by atoms with E-state index in [1.54, 1.807) is 0 Å². The molecule has 5 heteroatoms. The minimum atomic E-state index is -0.802. The molecule has 1 N–H and O–H groups in total. The molecule has 0 saturated heterocycles. The molecule has 15 heavy (non-hydrogen) atoms. The van der Waals surface area contributed by atoms with Gasteiger partial charge in [-0.15, -0.1) is 0 Å². The molecule has 0 bridgehead atoms. The van der Waals surface area contributed by atoms with Crippen molar-refractivity contribution in [2.45, 2.75) is 52.7 Å². The highest BCUT2D eigenvalue weighted by Gasteiger charge is 2.11. The summed E-state index contributed by atoms with van der Waals surface area (Å²) >= 11 is 0. The van der Waals surface area contributed by atoms with Crippen LogP contribution in [-0.4, -0.2) is 35.1 Å². The molecule has 0 aliphatic rings. The first-order chi connectivity index (χ1) is 6.91. The summed E-state index contributed by atoms with van der Waals surface area (Å²) in [6.45, 7) is 8.05. The first-order valence-corrected chi connectivity index (χ1v) is 5.24. The number of carbonyl (C=O) groups is 1. The van der Waals surface area contributed by atoms with Gasteiger partial charge >= 0.3 is 5.97 Å². The van der Waals surface area contributed by atoms with Crippen LogP contribution < -0.4 is 0 Å². The van der Waals surface area contributed by atoms with Gasteiger partial charge in [-0.2, -0.15) is 0 Å². The second kappa shape index (κ2) is 7.62. The van der Waals surface area contributed by atoms with Crippen LogP contribution in [0.3, 0.4) is 0 Å². The third-order valence-corrected chi connectivity index (χ3v) is 1.39. The second-order valence-electron chi connectivity index (χ2n) is 3.86. The van der Waals surface area contributed by atoms with Crippen LogP contribution in [0.2, 0.25) is 0 Å². The third kappa shape index (κ3) is 9.65. The normalized spacial score (nSPS) is 11.7. The van der Waals surface area contributed by atoms with Gasteiger partial charge in [-0.05, 0) is 34.1 Å². The zero-order valence-electron chi connectivity index (χ0n) is 9.90. The Labute approximate surface area is 90.9 Å². The van der Waals surface area contributed by atoms with Crippen molar-refractivity contribution in [2.75, 3.05) is 6.54 Å². The number of hydrogen-bond donors (Lipinski definition) is 1. The van der Waals surface area contributed by atoms with Crippen molar-refractivity contribution in [1.82, 2.24) is 5.23 Å². The van der Waals surface area contributed by atoms with Crippen molar-refractivity contribution in [3.63, 3.8) is 0 Å². The maximum atomic E-state index is 10.3. The summed E-state index contributed by atoms with van der Waals surface area (Å²) in [7, 11) is 0. The topological polar surface area (TPSA) is 59.0 Å². The van der Waals surface area contributed by atoms with Gasteiger partial charge in [0.05, 0.1) is 18.8 Å². The fraction of sp³-hybridized carbons (Fsp3) is 0.900. The number of hydrogen-bond acceptors (Lipinski definition) is 4. The maximum absolute atomic E-state index is 10.3. The molecular formula is C10H21NO4. The Hall–Kier alpha value is -0.650. The van der Waals surface area contributed by atoms with Gasteiger partial charge in [0.15, 0.2) is 0 Å². The minimum Gasteiger partial charge on any atom is -0.481 e. The van der Waals surface area contributed by atoms with Crippen LogP contribution in [0, 0.1) is 0 Å². The highest BCUT2D eigenvalue weighted by atomic mass is 17.0. The van der Waals surface area contributed by atoms with Gasteiger partial charge in [0.2, 0.25) is 0 Å². The molecule has 90 valence electrons. The fourth-order valence-electron chi connectivity index (χ4n) is 0.960. The molecule has 0 spiro atoms. The molecule has 0 aliphatic heterocycles. The second-order valence-corrected chi connectivity index (χ2v) is 3.86. The number of rotatable bonds is 8. The lowest BCUT2D eigenvalue weighted by Gasteiger charge is -2.24. The van der Waals surface area contributed by atoms with E-state index in [2.05, 4.69) is 0 Å². The lowest BCUT2D eigenvalue weighted by molar-refractivity contribution is -0.394. The van der Waals surface area contributed by atoms with Crippen molar-refractivity contribution in [1.29, 1.82) is 0 Å². The fourth-order valence-corrected chi connectivity index (χ4v) is 0.960. The Bertz CT molecular complexity index is 172. The number of hydroxylamine groups is 2. The number of carboxylic acids is 1. The van der Waals surface area contributed by atoms with Gasteiger partial charge in [0.25, 0.3) is 0 Å². The molecule has 0 radical (unpaired) electrons. The molecule has 0 aliphatic carbocycles.